The minimum absolute atomic E-state index is 0.132. The van der Waals surface area contributed by atoms with Crippen LogP contribution in [0.25, 0.3) is 0 Å². The predicted octanol–water partition coefficient (Wildman–Crippen LogP) is 0.716. The molecule has 0 aromatic rings. The van der Waals surface area contributed by atoms with Crippen LogP contribution in [0.15, 0.2) is 0 Å². The summed E-state index contributed by atoms with van der Waals surface area (Å²) in [6.07, 6.45) is 1.01. The molecule has 0 N–H and O–H groups in total. The van der Waals surface area contributed by atoms with Crippen molar-refractivity contribution >= 4 is 18.5 Å². The number of carbonyl (C=O) groups is 1. The molecule has 1 amide bonds. The maximum atomic E-state index is 11.3. The van der Waals surface area contributed by atoms with Gasteiger partial charge in [-0.25, -0.2) is 0 Å². The maximum Gasteiger partial charge on any atom is 0.232 e. The van der Waals surface area contributed by atoms with Crippen LogP contribution in [-0.2, 0) is 4.79 Å². The number of likely N-dealkylation sites (N-methyl/N-ethyl adjacent to an activating group) is 1. The van der Waals surface area contributed by atoms with Crippen LogP contribution >= 0.6 is 12.6 Å². The fourth-order valence-corrected chi connectivity index (χ4v) is 1.25. The molecule has 0 saturated heterocycles. The molecule has 0 atom stereocenters. The molecule has 0 aromatic heterocycles. The molecule has 0 heterocycles. The van der Waals surface area contributed by atoms with E-state index in [-0.39, 0.29) is 5.91 Å². The van der Waals surface area contributed by atoms with Gasteiger partial charge in [-0.15, -0.1) is 0 Å². The topological polar surface area (TPSA) is 23.6 Å². The second kappa shape index (κ2) is 7.21. The molecule has 0 aromatic carbocycles. The van der Waals surface area contributed by atoms with E-state index in [1.165, 1.54) is 0 Å². The van der Waals surface area contributed by atoms with Crippen LogP contribution in [0.5, 0.6) is 0 Å². The SMILES string of the molecule is CCCN(CCN(C)C)C(=O)CS. The highest BCUT2D eigenvalue weighted by atomic mass is 32.1. The number of thiol groups is 1. The average Bonchev–Trinajstić information content (AvgIpc) is 2.10. The van der Waals surface area contributed by atoms with Gasteiger partial charge in [-0.2, -0.15) is 12.6 Å². The van der Waals surface area contributed by atoms with Gasteiger partial charge < -0.3 is 9.80 Å². The van der Waals surface area contributed by atoms with Crippen molar-refractivity contribution in [2.24, 2.45) is 0 Å². The third-order valence-corrected chi connectivity index (χ3v) is 2.07. The molecule has 0 unspecified atom stereocenters. The molecule has 13 heavy (non-hydrogen) atoms. The van der Waals surface area contributed by atoms with Gasteiger partial charge in [-0.1, -0.05) is 6.92 Å². The molecule has 0 rings (SSSR count). The number of carbonyl (C=O) groups excluding carboxylic acids is 1. The summed E-state index contributed by atoms with van der Waals surface area (Å²) < 4.78 is 0. The number of amides is 1. The third kappa shape index (κ3) is 5.93. The lowest BCUT2D eigenvalue weighted by molar-refractivity contribution is -0.128. The van der Waals surface area contributed by atoms with E-state index in [9.17, 15) is 4.79 Å². The van der Waals surface area contributed by atoms with Gasteiger partial charge in [0.05, 0.1) is 5.75 Å². The summed E-state index contributed by atoms with van der Waals surface area (Å²) in [6, 6.07) is 0. The molecule has 0 aliphatic heterocycles. The maximum absolute atomic E-state index is 11.3. The summed E-state index contributed by atoms with van der Waals surface area (Å²) in [7, 11) is 4.02. The highest BCUT2D eigenvalue weighted by Crippen LogP contribution is 1.95. The monoisotopic (exact) mass is 204 g/mol. The lowest BCUT2D eigenvalue weighted by atomic mass is 10.4. The van der Waals surface area contributed by atoms with Gasteiger partial charge in [-0.05, 0) is 20.5 Å². The molecule has 0 aliphatic carbocycles. The molecule has 0 aliphatic rings. The molecule has 3 nitrogen and oxygen atoms in total. The zero-order valence-electron chi connectivity index (χ0n) is 8.79. The zero-order valence-corrected chi connectivity index (χ0v) is 9.68. The second-order valence-corrected chi connectivity index (χ2v) is 3.66. The Bertz CT molecular complexity index is 151. The summed E-state index contributed by atoms with van der Waals surface area (Å²) in [5.74, 6) is 0.444. The minimum Gasteiger partial charge on any atom is -0.341 e. The fraction of sp³-hybridized carbons (Fsp3) is 0.889. The molecule has 0 fully saturated rings. The van der Waals surface area contributed by atoms with E-state index >= 15 is 0 Å². The normalized spacial score (nSPS) is 10.5. The van der Waals surface area contributed by atoms with E-state index in [0.29, 0.717) is 5.75 Å². The van der Waals surface area contributed by atoms with Crippen molar-refractivity contribution in [1.82, 2.24) is 9.80 Å². The standard InChI is InChI=1S/C9H20N2OS/c1-4-5-11(9(12)8-13)7-6-10(2)3/h13H,4-8H2,1-3H3. The van der Waals surface area contributed by atoms with Crippen molar-refractivity contribution in [3.63, 3.8) is 0 Å². The Hall–Kier alpha value is -0.220. The second-order valence-electron chi connectivity index (χ2n) is 3.34. The van der Waals surface area contributed by atoms with Crippen LogP contribution in [0.2, 0.25) is 0 Å². The lowest BCUT2D eigenvalue weighted by Gasteiger charge is -2.23. The van der Waals surface area contributed by atoms with E-state index < -0.39 is 0 Å². The van der Waals surface area contributed by atoms with Crippen LogP contribution in [0.4, 0.5) is 0 Å². The van der Waals surface area contributed by atoms with Gasteiger partial charge in [-0.3, -0.25) is 4.79 Å². The smallest absolute Gasteiger partial charge is 0.232 e. The Morgan fingerprint density at radius 3 is 2.23 bits per heavy atom. The predicted molar refractivity (Wildman–Crippen MR) is 59.3 cm³/mol. The van der Waals surface area contributed by atoms with Crippen LogP contribution in [-0.4, -0.2) is 55.2 Å². The van der Waals surface area contributed by atoms with Gasteiger partial charge in [0.25, 0.3) is 0 Å². The van der Waals surface area contributed by atoms with Gasteiger partial charge in [0.15, 0.2) is 0 Å². The van der Waals surface area contributed by atoms with Crippen molar-refractivity contribution in [3.05, 3.63) is 0 Å². The molecule has 4 heteroatoms. The first-order chi connectivity index (χ1) is 6.11. The van der Waals surface area contributed by atoms with E-state index in [1.54, 1.807) is 0 Å². The summed E-state index contributed by atoms with van der Waals surface area (Å²) in [5.41, 5.74) is 0. The quantitative estimate of drug-likeness (QED) is 0.644. The largest absolute Gasteiger partial charge is 0.341 e. The molecular weight excluding hydrogens is 184 g/mol. The first-order valence-corrected chi connectivity index (χ1v) is 5.28. The summed E-state index contributed by atoms with van der Waals surface area (Å²) in [5, 5.41) is 0. The van der Waals surface area contributed by atoms with Gasteiger partial charge in [0.1, 0.15) is 0 Å². The summed E-state index contributed by atoms with van der Waals surface area (Å²) in [4.78, 5) is 15.3. The van der Waals surface area contributed by atoms with Crippen molar-refractivity contribution in [3.8, 4) is 0 Å². The van der Waals surface area contributed by atoms with Crippen molar-refractivity contribution < 1.29 is 4.79 Å². The van der Waals surface area contributed by atoms with E-state index in [4.69, 9.17) is 0 Å². The van der Waals surface area contributed by atoms with Crippen molar-refractivity contribution in [1.29, 1.82) is 0 Å². The van der Waals surface area contributed by atoms with Crippen LogP contribution in [0.1, 0.15) is 13.3 Å². The Labute approximate surface area is 86.5 Å². The first kappa shape index (κ1) is 12.8. The number of hydrogen-bond donors (Lipinski definition) is 1. The Morgan fingerprint density at radius 2 is 1.85 bits per heavy atom. The number of hydrogen-bond acceptors (Lipinski definition) is 3. The third-order valence-electron chi connectivity index (χ3n) is 1.80. The summed E-state index contributed by atoms with van der Waals surface area (Å²) in [6.45, 7) is 4.64. The summed E-state index contributed by atoms with van der Waals surface area (Å²) >= 11 is 3.99. The number of rotatable bonds is 6. The zero-order chi connectivity index (χ0) is 10.3. The van der Waals surface area contributed by atoms with Crippen molar-refractivity contribution in [2.45, 2.75) is 13.3 Å². The highest BCUT2D eigenvalue weighted by Gasteiger charge is 2.09. The van der Waals surface area contributed by atoms with Crippen molar-refractivity contribution in [2.75, 3.05) is 39.5 Å². The first-order valence-electron chi connectivity index (χ1n) is 4.65. The van der Waals surface area contributed by atoms with Crippen LogP contribution in [0.3, 0.4) is 0 Å². The van der Waals surface area contributed by atoms with Crippen LogP contribution in [0, 0.1) is 0 Å². The lowest BCUT2D eigenvalue weighted by Crippen LogP contribution is -2.37. The molecule has 0 spiro atoms. The van der Waals surface area contributed by atoms with Gasteiger partial charge >= 0.3 is 0 Å². The van der Waals surface area contributed by atoms with Gasteiger partial charge in [0.2, 0.25) is 5.91 Å². The molecule has 0 bridgehead atoms. The number of nitrogens with zero attached hydrogens (tertiary/aromatic N) is 2. The average molecular weight is 204 g/mol. The van der Waals surface area contributed by atoms with E-state index in [2.05, 4.69) is 24.5 Å². The van der Waals surface area contributed by atoms with E-state index in [1.807, 2.05) is 19.0 Å². The molecule has 78 valence electrons. The Kier molecular flexibility index (Phi) is 7.09. The Morgan fingerprint density at radius 1 is 1.23 bits per heavy atom. The Balaban J connectivity index is 3.86. The highest BCUT2D eigenvalue weighted by molar-refractivity contribution is 7.81. The minimum atomic E-state index is 0.132. The van der Waals surface area contributed by atoms with Gasteiger partial charge in [0, 0.05) is 19.6 Å². The molecular formula is C9H20N2OS. The molecule has 0 saturated carbocycles. The molecule has 0 radical (unpaired) electrons. The fourth-order valence-electron chi connectivity index (χ4n) is 1.05. The van der Waals surface area contributed by atoms with E-state index in [0.717, 1.165) is 26.1 Å². The van der Waals surface area contributed by atoms with Crippen LogP contribution < -0.4 is 0 Å².